The lowest BCUT2D eigenvalue weighted by atomic mass is 10.3. The van der Waals surface area contributed by atoms with E-state index in [9.17, 15) is 17.3 Å². The first-order valence-corrected chi connectivity index (χ1v) is 0.873. The quantitative estimate of drug-likeness (QED) is 0.360. The molecule has 7 heavy (non-hydrogen) atoms. The summed E-state index contributed by atoms with van der Waals surface area (Å²) in [6.07, 6.45) is 0. The predicted octanol–water partition coefficient (Wildman–Crippen LogP) is 2.54. The van der Waals surface area contributed by atoms with E-state index in [2.05, 4.69) is 0 Å². The third-order valence-corrected chi connectivity index (χ3v) is 0. The molecule has 0 rings (SSSR count). The van der Waals surface area contributed by atoms with E-state index >= 15 is 0 Å². The van der Waals surface area contributed by atoms with Gasteiger partial charge < -0.3 is 17.3 Å². The number of rotatable bonds is 0. The zero-order valence-corrected chi connectivity index (χ0v) is 7.57. The molecule has 0 nitrogen and oxygen atoms in total. The molecule has 0 amide bonds. The van der Waals surface area contributed by atoms with Gasteiger partial charge >= 0.3 is 7.25 Å². The van der Waals surface area contributed by atoms with Crippen LogP contribution in [-0.4, -0.2) is 7.25 Å². The van der Waals surface area contributed by atoms with Crippen molar-refractivity contribution in [3.05, 3.63) is 0 Å². The zero-order valence-electron chi connectivity index (χ0n) is 2.91. The fourth-order valence-electron chi connectivity index (χ4n) is 0. The zero-order chi connectivity index (χ0) is 4.50. The Balaban J connectivity index is -0.0000000800. The molecule has 0 saturated heterocycles. The SMILES string of the molecule is F[B-](F)(F)F.I.I. The molecule has 0 aromatic heterocycles. The van der Waals surface area contributed by atoms with E-state index in [0.29, 0.717) is 0 Å². The van der Waals surface area contributed by atoms with Crippen molar-refractivity contribution in [3.63, 3.8) is 0 Å². The summed E-state index contributed by atoms with van der Waals surface area (Å²) in [4.78, 5) is 0. The molecule has 48 valence electrons. The topological polar surface area (TPSA) is 0 Å². The molecule has 0 aliphatic rings. The Morgan fingerprint density at radius 1 is 0.714 bits per heavy atom. The largest absolute Gasteiger partial charge is 0.673 e. The van der Waals surface area contributed by atoms with Gasteiger partial charge in [-0.15, -0.1) is 48.0 Å². The maximum absolute atomic E-state index is 9.75. The highest BCUT2D eigenvalue weighted by Crippen LogP contribution is 2.06. The van der Waals surface area contributed by atoms with Gasteiger partial charge in [0.05, 0.1) is 0 Å². The van der Waals surface area contributed by atoms with Crippen LogP contribution >= 0.6 is 48.0 Å². The van der Waals surface area contributed by atoms with E-state index in [1.165, 1.54) is 0 Å². The molecule has 0 aromatic carbocycles. The van der Waals surface area contributed by atoms with Crippen LogP contribution in [0.3, 0.4) is 0 Å². The van der Waals surface area contributed by atoms with E-state index in [-0.39, 0.29) is 48.0 Å². The molecule has 0 N–H and O–H groups in total. The number of halogens is 6. The van der Waals surface area contributed by atoms with Crippen LogP contribution in [0.5, 0.6) is 0 Å². The van der Waals surface area contributed by atoms with Crippen LogP contribution in [0.2, 0.25) is 0 Å². The number of hydrogen-bond acceptors (Lipinski definition) is 0. The van der Waals surface area contributed by atoms with Gasteiger partial charge in [-0.2, -0.15) is 0 Å². The van der Waals surface area contributed by atoms with E-state index in [1.54, 1.807) is 0 Å². The van der Waals surface area contributed by atoms with Crippen LogP contribution in [0, 0.1) is 0 Å². The predicted molar refractivity (Wildman–Crippen MR) is 41.0 cm³/mol. The van der Waals surface area contributed by atoms with Crippen LogP contribution < -0.4 is 0 Å². The van der Waals surface area contributed by atoms with Crippen molar-refractivity contribution in [3.8, 4) is 0 Å². The lowest BCUT2D eigenvalue weighted by molar-refractivity contribution is 0.368. The molecule has 0 aliphatic heterocycles. The molecule has 0 unspecified atom stereocenters. The molecule has 0 aliphatic carbocycles. The van der Waals surface area contributed by atoms with Gasteiger partial charge in [0.15, 0.2) is 0 Å². The molecular formula is H2BF4I2-. The Kier molecular flexibility index (Phi) is 12.1. The summed E-state index contributed by atoms with van der Waals surface area (Å²) in [6, 6.07) is 0. The first-order valence-electron chi connectivity index (χ1n) is 0.873. The van der Waals surface area contributed by atoms with Crippen molar-refractivity contribution < 1.29 is 17.3 Å². The van der Waals surface area contributed by atoms with Crippen LogP contribution in [0.4, 0.5) is 17.3 Å². The molecule has 0 saturated carbocycles. The standard InChI is InChI=1S/BF4.2HI/c2-1(3,4)5;;/h;2*1H/q-1;;. The third kappa shape index (κ3) is 129. The van der Waals surface area contributed by atoms with Crippen molar-refractivity contribution in [1.29, 1.82) is 0 Å². The molecule has 0 heterocycles. The summed E-state index contributed by atoms with van der Waals surface area (Å²) in [5.41, 5.74) is 0. The van der Waals surface area contributed by atoms with Gasteiger partial charge in [-0.05, 0) is 0 Å². The van der Waals surface area contributed by atoms with Gasteiger partial charge in [0.1, 0.15) is 0 Å². The minimum Gasteiger partial charge on any atom is -0.418 e. The van der Waals surface area contributed by atoms with Gasteiger partial charge in [0.2, 0.25) is 0 Å². The second-order valence-corrected chi connectivity index (χ2v) is 0.495. The first-order chi connectivity index (χ1) is 2.00. The lowest BCUT2D eigenvalue weighted by Crippen LogP contribution is -2.02. The van der Waals surface area contributed by atoms with E-state index in [0.717, 1.165) is 0 Å². The van der Waals surface area contributed by atoms with E-state index in [1.807, 2.05) is 0 Å². The first kappa shape index (κ1) is 15.7. The number of hydrogen-bond donors (Lipinski definition) is 0. The van der Waals surface area contributed by atoms with Gasteiger partial charge in [-0.25, -0.2) is 0 Å². The normalized spacial score (nSPS) is 8.57. The fourth-order valence-corrected chi connectivity index (χ4v) is 0. The Hall–Kier alpha value is 1.24. The fraction of sp³-hybridized carbons (Fsp3) is 0. The van der Waals surface area contributed by atoms with Crippen molar-refractivity contribution in [2.24, 2.45) is 0 Å². The molecule has 0 fully saturated rings. The molecule has 0 bridgehead atoms. The minimum atomic E-state index is -6.00. The highest BCUT2D eigenvalue weighted by molar-refractivity contribution is 14.0. The van der Waals surface area contributed by atoms with Gasteiger partial charge in [0.25, 0.3) is 0 Å². The van der Waals surface area contributed by atoms with Crippen LogP contribution in [0.1, 0.15) is 0 Å². The molecular weight excluding hydrogens is 341 g/mol. The van der Waals surface area contributed by atoms with Crippen LogP contribution in [0.25, 0.3) is 0 Å². The summed E-state index contributed by atoms with van der Waals surface area (Å²) in [5.74, 6) is 0. The summed E-state index contributed by atoms with van der Waals surface area (Å²) < 4.78 is 39.0. The Labute approximate surface area is 72.2 Å². The molecule has 0 radical (unpaired) electrons. The second kappa shape index (κ2) is 5.38. The van der Waals surface area contributed by atoms with Gasteiger partial charge in [0, 0.05) is 0 Å². The Morgan fingerprint density at radius 2 is 0.714 bits per heavy atom. The summed E-state index contributed by atoms with van der Waals surface area (Å²) in [5, 5.41) is 0. The van der Waals surface area contributed by atoms with Crippen LogP contribution in [-0.2, 0) is 0 Å². The molecule has 0 aromatic rings. The molecule has 0 atom stereocenters. The van der Waals surface area contributed by atoms with Crippen molar-refractivity contribution in [1.82, 2.24) is 0 Å². The maximum atomic E-state index is 9.75. The third-order valence-electron chi connectivity index (χ3n) is 0. The Morgan fingerprint density at radius 3 is 0.714 bits per heavy atom. The van der Waals surface area contributed by atoms with Gasteiger partial charge in [-0.3, -0.25) is 0 Å². The summed E-state index contributed by atoms with van der Waals surface area (Å²) >= 11 is 0. The van der Waals surface area contributed by atoms with E-state index in [4.69, 9.17) is 0 Å². The average molecular weight is 343 g/mol. The van der Waals surface area contributed by atoms with Crippen molar-refractivity contribution in [2.75, 3.05) is 0 Å². The summed E-state index contributed by atoms with van der Waals surface area (Å²) in [6.45, 7) is 0. The molecule has 0 spiro atoms. The highest BCUT2D eigenvalue weighted by atomic mass is 127. The van der Waals surface area contributed by atoms with Crippen molar-refractivity contribution >= 4 is 55.2 Å². The molecule has 7 heteroatoms. The summed E-state index contributed by atoms with van der Waals surface area (Å²) in [7, 11) is -6.00. The second-order valence-electron chi connectivity index (χ2n) is 0.495. The Bertz CT molecular complexity index is 25.2. The minimum absolute atomic E-state index is 0. The highest BCUT2D eigenvalue weighted by Gasteiger charge is 2.20. The lowest BCUT2D eigenvalue weighted by Gasteiger charge is -1.94. The van der Waals surface area contributed by atoms with Gasteiger partial charge in [-0.1, -0.05) is 0 Å². The van der Waals surface area contributed by atoms with Crippen LogP contribution in [0.15, 0.2) is 0 Å². The monoisotopic (exact) mass is 343 g/mol. The maximum Gasteiger partial charge on any atom is 0.673 e. The smallest absolute Gasteiger partial charge is 0.418 e. The van der Waals surface area contributed by atoms with E-state index < -0.39 is 7.25 Å². The van der Waals surface area contributed by atoms with Crippen molar-refractivity contribution in [2.45, 2.75) is 0 Å². The average Bonchev–Trinajstić information content (AvgIpc) is 0.722.